The number of hydrogen-bond donors (Lipinski definition) is 2. The first-order valence-electron chi connectivity index (χ1n) is 12.2. The predicted octanol–water partition coefficient (Wildman–Crippen LogP) is 3.11. The molecule has 188 valence electrons. The van der Waals surface area contributed by atoms with Crippen LogP contribution in [0.1, 0.15) is 58.9 Å². The Morgan fingerprint density at radius 2 is 1.94 bits per heavy atom. The molecule has 4 rings (SSSR count). The van der Waals surface area contributed by atoms with Gasteiger partial charge in [0.1, 0.15) is 18.5 Å². The number of likely N-dealkylation sites (N-methyl/N-ethyl adjacent to an activating group) is 1. The molecule has 0 aliphatic carbocycles. The molecule has 9 nitrogen and oxygen atoms in total. The maximum absolute atomic E-state index is 13.4. The molecule has 1 fully saturated rings. The summed E-state index contributed by atoms with van der Waals surface area (Å²) < 4.78 is 12.2. The highest BCUT2D eigenvalue weighted by Gasteiger charge is 2.39. The van der Waals surface area contributed by atoms with Crippen LogP contribution in [-0.4, -0.2) is 61.1 Å². The van der Waals surface area contributed by atoms with Crippen LogP contribution in [0.5, 0.6) is 5.75 Å². The van der Waals surface area contributed by atoms with E-state index in [4.69, 9.17) is 14.7 Å². The summed E-state index contributed by atoms with van der Waals surface area (Å²) >= 11 is 0. The SMILES string of the molecule is CCCNC(=O)C[C@H]1CC[C@H]2[C@@H](COc3ccc(NC(=O)c4ccc(C#N)cc4)cc3C(=O)N2C)O1. The first kappa shape index (κ1) is 25.2. The lowest BCUT2D eigenvalue weighted by atomic mass is 9.94. The Balaban J connectivity index is 1.46. The molecule has 36 heavy (non-hydrogen) atoms. The monoisotopic (exact) mass is 490 g/mol. The van der Waals surface area contributed by atoms with Crippen LogP contribution in [0.15, 0.2) is 42.5 Å². The predicted molar refractivity (Wildman–Crippen MR) is 133 cm³/mol. The van der Waals surface area contributed by atoms with E-state index in [0.717, 1.165) is 6.42 Å². The number of ether oxygens (including phenoxy) is 2. The first-order chi connectivity index (χ1) is 17.4. The van der Waals surface area contributed by atoms with Gasteiger partial charge in [-0.15, -0.1) is 0 Å². The van der Waals surface area contributed by atoms with E-state index in [9.17, 15) is 14.4 Å². The number of carbonyl (C=O) groups is 3. The average Bonchev–Trinajstić information content (AvgIpc) is 2.89. The number of amides is 3. The third kappa shape index (κ3) is 5.66. The molecule has 0 spiro atoms. The molecular weight excluding hydrogens is 460 g/mol. The third-order valence-electron chi connectivity index (χ3n) is 6.53. The Labute approximate surface area is 210 Å². The van der Waals surface area contributed by atoms with Gasteiger partial charge in [-0.25, -0.2) is 0 Å². The van der Waals surface area contributed by atoms with Gasteiger partial charge in [0, 0.05) is 24.8 Å². The van der Waals surface area contributed by atoms with Crippen molar-refractivity contribution in [2.75, 3.05) is 25.5 Å². The quantitative estimate of drug-likeness (QED) is 0.642. The van der Waals surface area contributed by atoms with Crippen LogP contribution >= 0.6 is 0 Å². The lowest BCUT2D eigenvalue weighted by molar-refractivity contribution is -0.134. The Morgan fingerprint density at radius 3 is 2.67 bits per heavy atom. The molecular formula is C27H30N4O5. The van der Waals surface area contributed by atoms with Crippen LogP contribution in [0.4, 0.5) is 5.69 Å². The van der Waals surface area contributed by atoms with Crippen LogP contribution in [0.2, 0.25) is 0 Å². The zero-order valence-corrected chi connectivity index (χ0v) is 20.5. The molecule has 0 saturated carbocycles. The molecule has 0 bridgehead atoms. The summed E-state index contributed by atoms with van der Waals surface area (Å²) in [5.41, 5.74) is 1.69. The minimum absolute atomic E-state index is 0.0302. The zero-order valence-electron chi connectivity index (χ0n) is 20.5. The second-order valence-electron chi connectivity index (χ2n) is 9.08. The Hall–Kier alpha value is -3.90. The molecule has 3 atom stereocenters. The van der Waals surface area contributed by atoms with Crippen LogP contribution < -0.4 is 15.4 Å². The van der Waals surface area contributed by atoms with Gasteiger partial charge in [-0.2, -0.15) is 5.26 Å². The molecule has 3 amide bonds. The molecule has 0 radical (unpaired) electrons. The number of carbonyl (C=O) groups excluding carboxylic acids is 3. The van der Waals surface area contributed by atoms with Crippen molar-refractivity contribution in [1.29, 1.82) is 5.26 Å². The van der Waals surface area contributed by atoms with Gasteiger partial charge in [0.2, 0.25) is 5.91 Å². The Bertz CT molecular complexity index is 1170. The van der Waals surface area contributed by atoms with E-state index < -0.39 is 0 Å². The van der Waals surface area contributed by atoms with Crippen molar-refractivity contribution in [1.82, 2.24) is 10.2 Å². The molecule has 2 aliphatic heterocycles. The van der Waals surface area contributed by atoms with Crippen LogP contribution in [-0.2, 0) is 9.53 Å². The van der Waals surface area contributed by atoms with E-state index in [2.05, 4.69) is 10.6 Å². The van der Waals surface area contributed by atoms with E-state index in [-0.39, 0.29) is 42.6 Å². The van der Waals surface area contributed by atoms with E-state index in [1.165, 1.54) is 0 Å². The smallest absolute Gasteiger partial charge is 0.257 e. The van der Waals surface area contributed by atoms with Crippen molar-refractivity contribution in [2.45, 2.75) is 50.9 Å². The molecule has 2 N–H and O–H groups in total. The molecule has 2 heterocycles. The summed E-state index contributed by atoms with van der Waals surface area (Å²) in [6.07, 6.45) is 1.98. The number of nitrogens with one attached hydrogen (secondary N) is 2. The van der Waals surface area contributed by atoms with Crippen molar-refractivity contribution >= 4 is 23.4 Å². The average molecular weight is 491 g/mol. The maximum Gasteiger partial charge on any atom is 0.257 e. The minimum atomic E-state index is -0.347. The van der Waals surface area contributed by atoms with Gasteiger partial charge in [-0.3, -0.25) is 14.4 Å². The summed E-state index contributed by atoms with van der Waals surface area (Å²) in [4.78, 5) is 39.8. The number of benzene rings is 2. The number of nitrogens with zero attached hydrogens (tertiary/aromatic N) is 2. The third-order valence-corrected chi connectivity index (χ3v) is 6.53. The van der Waals surface area contributed by atoms with Gasteiger partial charge in [-0.05, 0) is 61.7 Å². The maximum atomic E-state index is 13.4. The molecule has 2 aromatic rings. The van der Waals surface area contributed by atoms with E-state index >= 15 is 0 Å². The summed E-state index contributed by atoms with van der Waals surface area (Å²) in [6.45, 7) is 2.90. The molecule has 2 aromatic carbocycles. The van der Waals surface area contributed by atoms with E-state index in [0.29, 0.717) is 53.9 Å². The standard InChI is InChI=1S/C27H30N4O5/c1-3-12-29-25(32)14-20-9-10-22-24(36-20)16-35-23-11-8-19(13-21(23)27(34)31(22)2)30-26(33)18-6-4-17(15-28)5-7-18/h4-8,11,13,20,22,24H,3,9-10,12,14,16H2,1-2H3,(H,29,32)(H,30,33)/t20-,22+,24-/m1/s1. The molecule has 9 heteroatoms. The summed E-state index contributed by atoms with van der Waals surface area (Å²) in [5.74, 6) is -0.191. The summed E-state index contributed by atoms with van der Waals surface area (Å²) in [6, 6.07) is 13.1. The van der Waals surface area contributed by atoms with Crippen LogP contribution in [0.25, 0.3) is 0 Å². The van der Waals surface area contributed by atoms with Gasteiger partial charge in [0.05, 0.1) is 35.8 Å². The largest absolute Gasteiger partial charge is 0.490 e. The van der Waals surface area contributed by atoms with E-state index in [1.807, 2.05) is 13.0 Å². The molecule has 2 aliphatic rings. The number of nitriles is 1. The first-order valence-corrected chi connectivity index (χ1v) is 12.2. The highest BCUT2D eigenvalue weighted by Crippen LogP contribution is 2.32. The molecule has 1 saturated heterocycles. The second kappa shape index (κ2) is 11.2. The lowest BCUT2D eigenvalue weighted by Gasteiger charge is -2.42. The molecule has 0 unspecified atom stereocenters. The van der Waals surface area contributed by atoms with E-state index in [1.54, 1.807) is 54.4 Å². The number of fused-ring (bicyclic) bond motifs is 2. The van der Waals surface area contributed by atoms with Crippen molar-refractivity contribution in [3.05, 3.63) is 59.2 Å². The Kier molecular flexibility index (Phi) is 7.86. The van der Waals surface area contributed by atoms with Gasteiger partial charge >= 0.3 is 0 Å². The van der Waals surface area contributed by atoms with Crippen molar-refractivity contribution < 1.29 is 23.9 Å². The van der Waals surface area contributed by atoms with Crippen LogP contribution in [0, 0.1) is 11.3 Å². The Morgan fingerprint density at radius 1 is 1.17 bits per heavy atom. The molecule has 0 aromatic heterocycles. The van der Waals surface area contributed by atoms with Crippen molar-refractivity contribution in [3.8, 4) is 11.8 Å². The zero-order chi connectivity index (χ0) is 25.7. The van der Waals surface area contributed by atoms with Crippen molar-refractivity contribution in [3.63, 3.8) is 0 Å². The van der Waals surface area contributed by atoms with Gasteiger partial charge in [-0.1, -0.05) is 6.92 Å². The van der Waals surface area contributed by atoms with Gasteiger partial charge in [0.25, 0.3) is 11.8 Å². The lowest BCUT2D eigenvalue weighted by Crippen LogP contribution is -2.54. The minimum Gasteiger partial charge on any atom is -0.490 e. The normalized spacial score (nSPS) is 21.1. The number of rotatable bonds is 6. The van der Waals surface area contributed by atoms with Crippen molar-refractivity contribution in [2.24, 2.45) is 0 Å². The highest BCUT2D eigenvalue weighted by molar-refractivity contribution is 6.05. The topological polar surface area (TPSA) is 121 Å². The summed E-state index contributed by atoms with van der Waals surface area (Å²) in [5, 5.41) is 14.6. The van der Waals surface area contributed by atoms with Gasteiger partial charge < -0.3 is 25.0 Å². The van der Waals surface area contributed by atoms with Gasteiger partial charge in [0.15, 0.2) is 0 Å². The summed E-state index contributed by atoms with van der Waals surface area (Å²) in [7, 11) is 1.74. The number of anilines is 1. The van der Waals surface area contributed by atoms with Crippen LogP contribution in [0.3, 0.4) is 0 Å². The number of hydrogen-bond acceptors (Lipinski definition) is 6. The fourth-order valence-corrected chi connectivity index (χ4v) is 4.55. The fraction of sp³-hybridized carbons (Fsp3) is 0.407. The highest BCUT2D eigenvalue weighted by atomic mass is 16.5. The fourth-order valence-electron chi connectivity index (χ4n) is 4.55. The second-order valence-corrected chi connectivity index (χ2v) is 9.08.